The van der Waals surface area contributed by atoms with Crippen molar-refractivity contribution in [2.75, 3.05) is 13.6 Å². The number of amides is 2. The molecular weight excluding hydrogens is 313 g/mol. The first kappa shape index (κ1) is 16.1. The fourth-order valence-corrected chi connectivity index (χ4v) is 2.83. The molecule has 24 heavy (non-hydrogen) atoms. The lowest BCUT2D eigenvalue weighted by Crippen LogP contribution is -2.36. The fraction of sp³-hybridized carbons (Fsp3) is 0.235. The lowest BCUT2D eigenvalue weighted by atomic mass is 9.90. The SMILES string of the molecule is CN1CC[C@@](O)(c2cccc(-c3ccc(F)c(C(N)=O)n3)c2)C1=O. The maximum Gasteiger partial charge on any atom is 0.270 e. The summed E-state index contributed by atoms with van der Waals surface area (Å²) in [6, 6.07) is 9.15. The summed E-state index contributed by atoms with van der Waals surface area (Å²) in [5, 5.41) is 10.7. The van der Waals surface area contributed by atoms with Gasteiger partial charge in [-0.15, -0.1) is 0 Å². The number of pyridine rings is 1. The molecule has 3 rings (SSSR count). The van der Waals surface area contributed by atoms with Crippen LogP contribution in [0.4, 0.5) is 4.39 Å². The molecule has 0 unspecified atom stereocenters. The van der Waals surface area contributed by atoms with Crippen molar-refractivity contribution in [1.29, 1.82) is 0 Å². The second-order valence-electron chi connectivity index (χ2n) is 5.81. The van der Waals surface area contributed by atoms with Crippen molar-refractivity contribution >= 4 is 11.8 Å². The summed E-state index contributed by atoms with van der Waals surface area (Å²) in [7, 11) is 1.63. The summed E-state index contributed by atoms with van der Waals surface area (Å²) < 4.78 is 13.6. The van der Waals surface area contributed by atoms with Crippen molar-refractivity contribution in [1.82, 2.24) is 9.88 Å². The van der Waals surface area contributed by atoms with E-state index >= 15 is 0 Å². The minimum atomic E-state index is -1.59. The van der Waals surface area contributed by atoms with E-state index in [-0.39, 0.29) is 12.3 Å². The lowest BCUT2D eigenvalue weighted by Gasteiger charge is -2.21. The minimum absolute atomic E-state index is 0.287. The van der Waals surface area contributed by atoms with Crippen LogP contribution in [0.15, 0.2) is 36.4 Å². The zero-order chi connectivity index (χ0) is 17.5. The van der Waals surface area contributed by atoms with Gasteiger partial charge in [0.05, 0.1) is 5.69 Å². The number of nitrogens with zero attached hydrogens (tertiary/aromatic N) is 2. The van der Waals surface area contributed by atoms with Crippen LogP contribution >= 0.6 is 0 Å². The molecule has 3 N–H and O–H groups in total. The predicted molar refractivity (Wildman–Crippen MR) is 84.3 cm³/mol. The van der Waals surface area contributed by atoms with Crippen molar-refractivity contribution in [3.8, 4) is 11.3 Å². The molecule has 0 bridgehead atoms. The average Bonchev–Trinajstić information content (AvgIpc) is 2.84. The third kappa shape index (κ3) is 2.52. The number of benzene rings is 1. The molecular formula is C17H16FN3O3. The Kier molecular flexibility index (Phi) is 3.81. The number of aromatic nitrogens is 1. The Hall–Kier alpha value is -2.80. The minimum Gasteiger partial charge on any atom is -0.375 e. The highest BCUT2D eigenvalue weighted by Gasteiger charge is 2.45. The zero-order valence-corrected chi connectivity index (χ0v) is 13.0. The Labute approximate surface area is 137 Å². The normalized spacial score (nSPS) is 20.5. The Morgan fingerprint density at radius 3 is 2.75 bits per heavy atom. The molecule has 1 fully saturated rings. The van der Waals surface area contributed by atoms with Gasteiger partial charge in [0.25, 0.3) is 11.8 Å². The van der Waals surface area contributed by atoms with Crippen LogP contribution in [0.5, 0.6) is 0 Å². The molecule has 6 nitrogen and oxygen atoms in total. The molecule has 1 aromatic carbocycles. The Morgan fingerprint density at radius 2 is 2.12 bits per heavy atom. The largest absolute Gasteiger partial charge is 0.375 e. The van der Waals surface area contributed by atoms with E-state index in [1.165, 1.54) is 11.0 Å². The van der Waals surface area contributed by atoms with Crippen LogP contribution in [0.25, 0.3) is 11.3 Å². The van der Waals surface area contributed by atoms with Gasteiger partial charge in [0.1, 0.15) is 0 Å². The van der Waals surface area contributed by atoms with Crippen molar-refractivity contribution in [3.05, 3.63) is 53.5 Å². The molecule has 2 amide bonds. The van der Waals surface area contributed by atoms with Gasteiger partial charge in [-0.2, -0.15) is 0 Å². The van der Waals surface area contributed by atoms with Gasteiger partial charge in [-0.25, -0.2) is 9.37 Å². The van der Waals surface area contributed by atoms with Crippen LogP contribution in [-0.4, -0.2) is 40.4 Å². The second-order valence-corrected chi connectivity index (χ2v) is 5.81. The van der Waals surface area contributed by atoms with E-state index in [1.807, 2.05) is 0 Å². The number of halogens is 1. The van der Waals surface area contributed by atoms with Gasteiger partial charge < -0.3 is 15.7 Å². The number of carbonyl (C=O) groups is 2. The maximum absolute atomic E-state index is 13.6. The molecule has 0 radical (unpaired) electrons. The molecule has 0 aliphatic carbocycles. The lowest BCUT2D eigenvalue weighted by molar-refractivity contribution is -0.143. The number of likely N-dealkylation sites (tertiary alicyclic amines) is 1. The summed E-state index contributed by atoms with van der Waals surface area (Å²) in [5.41, 5.74) is 4.38. The third-order valence-electron chi connectivity index (χ3n) is 4.22. The van der Waals surface area contributed by atoms with Gasteiger partial charge >= 0.3 is 0 Å². The maximum atomic E-state index is 13.6. The predicted octanol–water partition coefficient (Wildman–Crippen LogP) is 1.04. The van der Waals surface area contributed by atoms with Gasteiger partial charge in [-0.05, 0) is 23.8 Å². The number of hydrogen-bond acceptors (Lipinski definition) is 4. The first-order chi connectivity index (χ1) is 11.3. The standard InChI is InChI=1S/C17H16FN3O3/c1-21-8-7-17(24,16(21)23)11-4-2-3-10(9-11)13-6-5-12(18)14(20-13)15(19)22/h2-6,9,24H,7-8H2,1H3,(H2,19,22)/t17-/m1/s1. The van der Waals surface area contributed by atoms with Crippen molar-refractivity contribution in [2.45, 2.75) is 12.0 Å². The van der Waals surface area contributed by atoms with Gasteiger partial charge in [-0.3, -0.25) is 9.59 Å². The van der Waals surface area contributed by atoms with Crippen LogP contribution in [0.3, 0.4) is 0 Å². The molecule has 1 atom stereocenters. The number of hydrogen-bond donors (Lipinski definition) is 2. The number of primary amides is 1. The molecule has 0 spiro atoms. The second kappa shape index (κ2) is 5.68. The summed E-state index contributed by atoms with van der Waals surface area (Å²) in [6.07, 6.45) is 0.287. The number of nitrogens with two attached hydrogens (primary N) is 1. The van der Waals surface area contributed by atoms with Crippen LogP contribution in [0, 0.1) is 5.82 Å². The molecule has 124 valence electrons. The molecule has 0 saturated carbocycles. The monoisotopic (exact) mass is 329 g/mol. The topological polar surface area (TPSA) is 96.5 Å². The third-order valence-corrected chi connectivity index (χ3v) is 4.22. The molecule has 1 aromatic heterocycles. The van der Waals surface area contributed by atoms with Gasteiger partial charge in [0.2, 0.25) is 0 Å². The molecule has 2 aromatic rings. The summed E-state index contributed by atoms with van der Waals surface area (Å²) in [6.45, 7) is 0.459. The Bertz CT molecular complexity index is 840. The quantitative estimate of drug-likeness (QED) is 0.879. The van der Waals surface area contributed by atoms with Gasteiger partial charge in [0.15, 0.2) is 17.1 Å². The van der Waals surface area contributed by atoms with E-state index in [9.17, 15) is 19.1 Å². The summed E-state index contributed by atoms with van der Waals surface area (Å²) in [5.74, 6) is -2.13. The van der Waals surface area contributed by atoms with E-state index in [0.717, 1.165) is 6.07 Å². The van der Waals surface area contributed by atoms with Gasteiger partial charge in [-0.1, -0.05) is 18.2 Å². The number of aliphatic hydroxyl groups is 1. The van der Waals surface area contributed by atoms with E-state index in [0.29, 0.717) is 23.4 Å². The molecule has 1 aliphatic rings. The van der Waals surface area contributed by atoms with Crippen LogP contribution in [-0.2, 0) is 10.4 Å². The Balaban J connectivity index is 2.05. The van der Waals surface area contributed by atoms with E-state index in [1.54, 1.807) is 31.3 Å². The highest BCUT2D eigenvalue weighted by atomic mass is 19.1. The molecule has 1 saturated heterocycles. The number of likely N-dealkylation sites (N-methyl/N-ethyl adjacent to an activating group) is 1. The first-order valence-corrected chi connectivity index (χ1v) is 7.38. The highest BCUT2D eigenvalue weighted by molar-refractivity contribution is 5.92. The van der Waals surface area contributed by atoms with Crippen LogP contribution < -0.4 is 5.73 Å². The van der Waals surface area contributed by atoms with Gasteiger partial charge in [0, 0.05) is 25.6 Å². The fourth-order valence-electron chi connectivity index (χ4n) is 2.83. The average molecular weight is 329 g/mol. The smallest absolute Gasteiger partial charge is 0.270 e. The number of rotatable bonds is 3. The molecule has 7 heteroatoms. The van der Waals surface area contributed by atoms with Crippen LogP contribution in [0.1, 0.15) is 22.5 Å². The van der Waals surface area contributed by atoms with Crippen molar-refractivity contribution < 1.29 is 19.1 Å². The van der Waals surface area contributed by atoms with E-state index in [4.69, 9.17) is 5.73 Å². The summed E-state index contributed by atoms with van der Waals surface area (Å²) in [4.78, 5) is 28.9. The van der Waals surface area contributed by atoms with Crippen LogP contribution in [0.2, 0.25) is 0 Å². The molecule has 1 aliphatic heterocycles. The molecule has 2 heterocycles. The number of carbonyl (C=O) groups excluding carboxylic acids is 2. The Morgan fingerprint density at radius 1 is 1.38 bits per heavy atom. The van der Waals surface area contributed by atoms with Crippen molar-refractivity contribution in [2.24, 2.45) is 5.73 Å². The highest BCUT2D eigenvalue weighted by Crippen LogP contribution is 2.34. The van der Waals surface area contributed by atoms with E-state index < -0.39 is 23.0 Å². The summed E-state index contributed by atoms with van der Waals surface area (Å²) >= 11 is 0. The van der Waals surface area contributed by atoms with Crippen molar-refractivity contribution in [3.63, 3.8) is 0 Å². The van der Waals surface area contributed by atoms with E-state index in [2.05, 4.69) is 4.98 Å². The first-order valence-electron chi connectivity index (χ1n) is 7.38. The zero-order valence-electron chi connectivity index (χ0n) is 13.0.